The topological polar surface area (TPSA) is 68.0 Å². The normalized spacial score (nSPS) is 10.7. The van der Waals surface area contributed by atoms with E-state index in [2.05, 4.69) is 10.3 Å². The number of carbonyl (C=O) groups excluding carboxylic acids is 1. The van der Waals surface area contributed by atoms with Crippen LogP contribution in [0, 0.1) is 6.92 Å². The van der Waals surface area contributed by atoms with Crippen LogP contribution in [0.4, 0.5) is 5.69 Å². The molecular formula is C16H17N3O. The van der Waals surface area contributed by atoms with Gasteiger partial charge in [-0.05, 0) is 47.9 Å². The summed E-state index contributed by atoms with van der Waals surface area (Å²) in [5, 5.41) is 2.84. The Bertz CT molecular complexity index is 618. The zero-order chi connectivity index (χ0) is 14.4. The summed E-state index contributed by atoms with van der Waals surface area (Å²) in [7, 11) is 0. The Kier molecular flexibility index (Phi) is 4.50. The van der Waals surface area contributed by atoms with Crippen molar-refractivity contribution in [2.45, 2.75) is 13.5 Å². The number of aryl methyl sites for hydroxylation is 1. The molecule has 102 valence electrons. The van der Waals surface area contributed by atoms with E-state index in [1.807, 2.05) is 25.1 Å². The van der Waals surface area contributed by atoms with E-state index < -0.39 is 0 Å². The lowest BCUT2D eigenvalue weighted by Crippen LogP contribution is -2.20. The monoisotopic (exact) mass is 267 g/mol. The van der Waals surface area contributed by atoms with Crippen molar-refractivity contribution < 1.29 is 4.79 Å². The predicted molar refractivity (Wildman–Crippen MR) is 80.7 cm³/mol. The zero-order valence-electron chi connectivity index (χ0n) is 11.3. The summed E-state index contributed by atoms with van der Waals surface area (Å²) in [6.45, 7) is 2.47. The highest BCUT2D eigenvalue weighted by Crippen LogP contribution is 2.07. The van der Waals surface area contributed by atoms with Crippen molar-refractivity contribution in [3.63, 3.8) is 0 Å². The third-order valence-corrected chi connectivity index (χ3v) is 2.95. The van der Waals surface area contributed by atoms with Crippen LogP contribution < -0.4 is 11.1 Å². The number of nitrogens with one attached hydrogen (secondary N) is 1. The Morgan fingerprint density at radius 2 is 2.05 bits per heavy atom. The maximum atomic E-state index is 11.7. The summed E-state index contributed by atoms with van der Waals surface area (Å²) < 4.78 is 0. The van der Waals surface area contributed by atoms with Gasteiger partial charge in [0.05, 0.1) is 0 Å². The van der Waals surface area contributed by atoms with Crippen molar-refractivity contribution >= 4 is 17.7 Å². The van der Waals surface area contributed by atoms with Crippen LogP contribution in [0.15, 0.2) is 48.8 Å². The van der Waals surface area contributed by atoms with E-state index in [0.717, 1.165) is 16.7 Å². The molecule has 4 nitrogen and oxygen atoms in total. The highest BCUT2D eigenvalue weighted by atomic mass is 16.1. The molecule has 2 aromatic rings. The lowest BCUT2D eigenvalue weighted by molar-refractivity contribution is -0.116. The molecule has 3 N–H and O–H groups in total. The SMILES string of the molecule is Cc1cnccc1CNC(=O)/C=C/c1ccc(N)cc1. The van der Waals surface area contributed by atoms with Crippen molar-refractivity contribution in [3.05, 3.63) is 65.5 Å². The number of nitrogens with zero attached hydrogens (tertiary/aromatic N) is 1. The minimum Gasteiger partial charge on any atom is -0.399 e. The Morgan fingerprint density at radius 1 is 1.30 bits per heavy atom. The largest absolute Gasteiger partial charge is 0.399 e. The fourth-order valence-electron chi connectivity index (χ4n) is 1.72. The molecule has 1 aromatic carbocycles. The van der Waals surface area contributed by atoms with Gasteiger partial charge in [0.25, 0.3) is 0 Å². The highest BCUT2D eigenvalue weighted by Gasteiger charge is 1.99. The highest BCUT2D eigenvalue weighted by molar-refractivity contribution is 5.91. The van der Waals surface area contributed by atoms with Crippen LogP contribution >= 0.6 is 0 Å². The first-order chi connectivity index (χ1) is 9.65. The van der Waals surface area contributed by atoms with E-state index in [1.54, 1.807) is 30.6 Å². The number of hydrogen-bond acceptors (Lipinski definition) is 3. The van der Waals surface area contributed by atoms with Gasteiger partial charge in [-0.1, -0.05) is 12.1 Å². The number of aromatic nitrogens is 1. The second kappa shape index (κ2) is 6.52. The number of carbonyl (C=O) groups is 1. The minimum absolute atomic E-state index is 0.127. The summed E-state index contributed by atoms with van der Waals surface area (Å²) in [6, 6.07) is 9.24. The molecule has 0 fully saturated rings. The molecule has 0 aliphatic heterocycles. The Morgan fingerprint density at radius 3 is 2.75 bits per heavy atom. The summed E-state index contributed by atoms with van der Waals surface area (Å²) >= 11 is 0. The number of hydrogen-bond donors (Lipinski definition) is 2. The van der Waals surface area contributed by atoms with E-state index in [4.69, 9.17) is 5.73 Å². The van der Waals surface area contributed by atoms with Gasteiger partial charge in [0.1, 0.15) is 0 Å². The van der Waals surface area contributed by atoms with Gasteiger partial charge < -0.3 is 11.1 Å². The molecule has 0 bridgehead atoms. The van der Waals surface area contributed by atoms with Crippen LogP contribution in [-0.2, 0) is 11.3 Å². The molecule has 1 amide bonds. The molecule has 0 aliphatic carbocycles. The average molecular weight is 267 g/mol. The van der Waals surface area contributed by atoms with E-state index in [-0.39, 0.29) is 5.91 Å². The van der Waals surface area contributed by atoms with Crippen molar-refractivity contribution in [2.24, 2.45) is 0 Å². The maximum absolute atomic E-state index is 11.7. The van der Waals surface area contributed by atoms with Crippen molar-refractivity contribution in [3.8, 4) is 0 Å². The molecule has 0 radical (unpaired) electrons. The van der Waals surface area contributed by atoms with Crippen LogP contribution in [0.2, 0.25) is 0 Å². The number of pyridine rings is 1. The number of benzene rings is 1. The standard InChI is InChI=1S/C16H17N3O/c1-12-10-18-9-8-14(12)11-19-16(20)7-4-13-2-5-15(17)6-3-13/h2-10H,11,17H2,1H3,(H,19,20)/b7-4+. The molecule has 20 heavy (non-hydrogen) atoms. The molecular weight excluding hydrogens is 250 g/mol. The number of anilines is 1. The quantitative estimate of drug-likeness (QED) is 0.659. The van der Waals surface area contributed by atoms with Gasteiger partial charge in [-0.25, -0.2) is 0 Å². The molecule has 0 spiro atoms. The van der Waals surface area contributed by atoms with Crippen LogP contribution in [0.5, 0.6) is 0 Å². The fraction of sp³-hybridized carbons (Fsp3) is 0.125. The average Bonchev–Trinajstić information content (AvgIpc) is 2.46. The first-order valence-corrected chi connectivity index (χ1v) is 6.36. The molecule has 0 saturated heterocycles. The smallest absolute Gasteiger partial charge is 0.244 e. The minimum atomic E-state index is -0.127. The Balaban J connectivity index is 1.90. The van der Waals surface area contributed by atoms with Crippen LogP contribution in [0.3, 0.4) is 0 Å². The first kappa shape index (κ1) is 13.8. The summed E-state index contributed by atoms with van der Waals surface area (Å²) in [6.07, 6.45) is 6.78. The third-order valence-electron chi connectivity index (χ3n) is 2.95. The predicted octanol–water partition coefficient (Wildman–Crippen LogP) is 2.30. The van der Waals surface area contributed by atoms with Gasteiger partial charge in [-0.3, -0.25) is 9.78 Å². The van der Waals surface area contributed by atoms with Crippen LogP contribution in [0.1, 0.15) is 16.7 Å². The van der Waals surface area contributed by atoms with Gasteiger partial charge in [0, 0.05) is 30.7 Å². The van der Waals surface area contributed by atoms with Gasteiger partial charge in [-0.2, -0.15) is 0 Å². The van der Waals surface area contributed by atoms with E-state index in [9.17, 15) is 4.79 Å². The van der Waals surface area contributed by atoms with Crippen LogP contribution in [0.25, 0.3) is 6.08 Å². The Labute approximate surface area is 118 Å². The van der Waals surface area contributed by atoms with Gasteiger partial charge in [-0.15, -0.1) is 0 Å². The van der Waals surface area contributed by atoms with E-state index in [1.165, 1.54) is 6.08 Å². The molecule has 0 unspecified atom stereocenters. The molecule has 0 aliphatic rings. The third kappa shape index (κ3) is 3.95. The number of nitrogens with two attached hydrogens (primary N) is 1. The van der Waals surface area contributed by atoms with E-state index in [0.29, 0.717) is 12.2 Å². The van der Waals surface area contributed by atoms with Crippen LogP contribution in [-0.4, -0.2) is 10.9 Å². The number of nitrogen functional groups attached to an aromatic ring is 1. The fourth-order valence-corrected chi connectivity index (χ4v) is 1.72. The van der Waals surface area contributed by atoms with Gasteiger partial charge >= 0.3 is 0 Å². The van der Waals surface area contributed by atoms with Gasteiger partial charge in [0.15, 0.2) is 0 Å². The summed E-state index contributed by atoms with van der Waals surface area (Å²) in [4.78, 5) is 15.7. The van der Waals surface area contributed by atoms with Gasteiger partial charge in [0.2, 0.25) is 5.91 Å². The Hall–Kier alpha value is -2.62. The summed E-state index contributed by atoms with van der Waals surface area (Å²) in [5.41, 5.74) is 9.38. The zero-order valence-corrected chi connectivity index (χ0v) is 11.3. The number of amides is 1. The maximum Gasteiger partial charge on any atom is 0.244 e. The molecule has 1 aromatic heterocycles. The second-order valence-electron chi connectivity index (χ2n) is 4.52. The molecule has 0 atom stereocenters. The first-order valence-electron chi connectivity index (χ1n) is 6.36. The lowest BCUT2D eigenvalue weighted by Gasteiger charge is -2.05. The van der Waals surface area contributed by atoms with Crippen molar-refractivity contribution in [1.29, 1.82) is 0 Å². The summed E-state index contributed by atoms with van der Waals surface area (Å²) in [5.74, 6) is -0.127. The second-order valence-corrected chi connectivity index (χ2v) is 4.52. The molecule has 4 heteroatoms. The van der Waals surface area contributed by atoms with E-state index >= 15 is 0 Å². The molecule has 2 rings (SSSR count). The van der Waals surface area contributed by atoms with Crippen molar-refractivity contribution in [1.82, 2.24) is 10.3 Å². The van der Waals surface area contributed by atoms with Crippen molar-refractivity contribution in [2.75, 3.05) is 5.73 Å². The molecule has 1 heterocycles. The number of rotatable bonds is 4. The lowest BCUT2D eigenvalue weighted by atomic mass is 10.1. The molecule has 0 saturated carbocycles.